The Morgan fingerprint density at radius 3 is 2.62 bits per heavy atom. The maximum Gasteiger partial charge on any atom is 0.0623 e. The second-order valence-corrected chi connectivity index (χ2v) is 5.89. The Labute approximate surface area is 105 Å². The summed E-state index contributed by atoms with van der Waals surface area (Å²) >= 11 is 4.70. The van der Waals surface area contributed by atoms with Crippen LogP contribution in [0.4, 0.5) is 0 Å². The monoisotopic (exact) mass is 403 g/mol. The van der Waals surface area contributed by atoms with Crippen LogP contribution in [0.5, 0.6) is 0 Å². The van der Waals surface area contributed by atoms with Gasteiger partial charge in [0, 0.05) is 42.2 Å². The summed E-state index contributed by atoms with van der Waals surface area (Å²) in [5.41, 5.74) is 0. The Kier molecular flexibility index (Phi) is 3.46. The fourth-order valence-corrected chi connectivity index (χ4v) is 2.58. The van der Waals surface area contributed by atoms with E-state index in [0.29, 0.717) is 6.04 Å². The maximum absolute atomic E-state index is 4.35. The summed E-state index contributed by atoms with van der Waals surface area (Å²) in [5.74, 6) is 0. The van der Waals surface area contributed by atoms with Gasteiger partial charge in [0.15, 0.2) is 0 Å². The minimum Gasteiger partial charge on any atom is -0.269 e. The number of halogens is 2. The van der Waals surface area contributed by atoms with E-state index in [1.165, 1.54) is 29.5 Å². The summed E-state index contributed by atoms with van der Waals surface area (Å²) in [6.07, 6.45) is 6.51. The highest BCUT2D eigenvalue weighted by molar-refractivity contribution is 14.1. The molecule has 1 aliphatic rings. The summed E-state index contributed by atoms with van der Waals surface area (Å²) in [7, 11) is 0. The van der Waals surface area contributed by atoms with E-state index in [2.05, 4.69) is 64.5 Å². The van der Waals surface area contributed by atoms with Crippen LogP contribution in [0.15, 0.2) is 12.4 Å². The third kappa shape index (κ3) is 2.56. The van der Waals surface area contributed by atoms with Crippen molar-refractivity contribution < 1.29 is 0 Å². The third-order valence-electron chi connectivity index (χ3n) is 2.35. The Bertz CT molecular complexity index is 279. The fourth-order valence-electron chi connectivity index (χ4n) is 1.61. The van der Waals surface area contributed by atoms with E-state index in [0.717, 1.165) is 0 Å². The van der Waals surface area contributed by atoms with Crippen LogP contribution in [0, 0.1) is 3.57 Å². The van der Waals surface area contributed by atoms with E-state index in [1.807, 2.05) is 6.20 Å². The van der Waals surface area contributed by atoms with Gasteiger partial charge in [0.25, 0.3) is 0 Å². The zero-order valence-corrected chi connectivity index (χ0v) is 11.5. The first kappa shape index (κ1) is 10.2. The van der Waals surface area contributed by atoms with E-state index < -0.39 is 0 Å². The van der Waals surface area contributed by atoms with Crippen molar-refractivity contribution in [3.63, 3.8) is 0 Å². The van der Waals surface area contributed by atoms with Crippen LogP contribution in [-0.4, -0.2) is 26.0 Å². The summed E-state index contributed by atoms with van der Waals surface area (Å²) in [6, 6.07) is 0.620. The highest BCUT2D eigenvalue weighted by atomic mass is 127. The van der Waals surface area contributed by atoms with Gasteiger partial charge in [-0.2, -0.15) is 5.10 Å². The SMILES string of the molecule is Ic1cnn(C2CCN(I)CC2)c1. The van der Waals surface area contributed by atoms with Crippen molar-refractivity contribution in [2.24, 2.45) is 0 Å². The van der Waals surface area contributed by atoms with Crippen molar-refractivity contribution >= 4 is 45.5 Å². The highest BCUT2D eigenvalue weighted by Gasteiger charge is 2.19. The average Bonchev–Trinajstić information content (AvgIpc) is 2.53. The average molecular weight is 403 g/mol. The van der Waals surface area contributed by atoms with Gasteiger partial charge in [0.2, 0.25) is 0 Å². The van der Waals surface area contributed by atoms with Crippen LogP contribution in [0.1, 0.15) is 18.9 Å². The van der Waals surface area contributed by atoms with Gasteiger partial charge < -0.3 is 0 Å². The van der Waals surface area contributed by atoms with Crippen molar-refractivity contribution in [1.29, 1.82) is 0 Å². The lowest BCUT2D eigenvalue weighted by atomic mass is 10.1. The number of nitrogens with zero attached hydrogens (tertiary/aromatic N) is 3. The molecule has 5 heteroatoms. The van der Waals surface area contributed by atoms with Crippen LogP contribution in [0.25, 0.3) is 0 Å². The molecular weight excluding hydrogens is 392 g/mol. The Hall–Kier alpha value is 0.630. The molecule has 1 aromatic rings. The molecule has 0 radical (unpaired) electrons. The second-order valence-electron chi connectivity index (χ2n) is 3.28. The van der Waals surface area contributed by atoms with Crippen LogP contribution in [-0.2, 0) is 0 Å². The van der Waals surface area contributed by atoms with Gasteiger partial charge in [-0.3, -0.25) is 4.68 Å². The lowest BCUT2D eigenvalue weighted by molar-refractivity contribution is 0.290. The molecule has 2 heterocycles. The first-order valence-electron chi connectivity index (χ1n) is 4.36. The zero-order chi connectivity index (χ0) is 9.26. The Morgan fingerprint density at radius 1 is 1.38 bits per heavy atom. The van der Waals surface area contributed by atoms with Gasteiger partial charge in [-0.15, -0.1) is 0 Å². The van der Waals surface area contributed by atoms with Crippen molar-refractivity contribution in [2.75, 3.05) is 13.1 Å². The van der Waals surface area contributed by atoms with Gasteiger partial charge >= 0.3 is 0 Å². The van der Waals surface area contributed by atoms with Gasteiger partial charge in [-0.25, -0.2) is 3.11 Å². The van der Waals surface area contributed by atoms with E-state index in [4.69, 9.17) is 0 Å². The quantitative estimate of drug-likeness (QED) is 0.531. The number of hydrogen-bond acceptors (Lipinski definition) is 2. The van der Waals surface area contributed by atoms with Gasteiger partial charge in [0.05, 0.1) is 15.8 Å². The predicted molar refractivity (Wildman–Crippen MR) is 68.8 cm³/mol. The molecule has 0 N–H and O–H groups in total. The summed E-state index contributed by atoms with van der Waals surface area (Å²) in [5, 5.41) is 4.35. The molecule has 0 unspecified atom stereocenters. The summed E-state index contributed by atoms with van der Waals surface area (Å²) in [4.78, 5) is 0. The first-order valence-corrected chi connectivity index (χ1v) is 6.40. The minimum absolute atomic E-state index is 0.620. The first-order chi connectivity index (χ1) is 6.25. The molecule has 0 aromatic carbocycles. The lowest BCUT2D eigenvalue weighted by Gasteiger charge is -2.27. The van der Waals surface area contributed by atoms with E-state index >= 15 is 0 Å². The molecule has 0 saturated carbocycles. The maximum atomic E-state index is 4.35. The second kappa shape index (κ2) is 4.43. The molecule has 0 spiro atoms. The fraction of sp³-hybridized carbons (Fsp3) is 0.625. The summed E-state index contributed by atoms with van der Waals surface area (Å²) in [6.45, 7) is 2.36. The molecule has 0 aliphatic carbocycles. The van der Waals surface area contributed by atoms with Crippen molar-refractivity contribution in [3.05, 3.63) is 16.0 Å². The molecule has 0 atom stereocenters. The molecule has 1 fully saturated rings. The Balaban J connectivity index is 2.02. The number of hydrogen-bond donors (Lipinski definition) is 0. The van der Waals surface area contributed by atoms with E-state index in [9.17, 15) is 0 Å². The topological polar surface area (TPSA) is 21.1 Å². The Morgan fingerprint density at radius 2 is 2.08 bits per heavy atom. The molecule has 0 amide bonds. The summed E-state index contributed by atoms with van der Waals surface area (Å²) < 4.78 is 5.70. The van der Waals surface area contributed by atoms with E-state index in [-0.39, 0.29) is 0 Å². The number of piperidine rings is 1. The molecule has 3 nitrogen and oxygen atoms in total. The molecule has 1 saturated heterocycles. The molecule has 0 bridgehead atoms. The number of rotatable bonds is 1. The largest absolute Gasteiger partial charge is 0.269 e. The minimum atomic E-state index is 0.620. The molecule has 1 aliphatic heterocycles. The molecule has 72 valence electrons. The zero-order valence-electron chi connectivity index (χ0n) is 7.16. The third-order valence-corrected chi connectivity index (χ3v) is 3.88. The number of aromatic nitrogens is 2. The van der Waals surface area contributed by atoms with Crippen molar-refractivity contribution in [2.45, 2.75) is 18.9 Å². The predicted octanol–water partition coefficient (Wildman–Crippen LogP) is 2.47. The van der Waals surface area contributed by atoms with Crippen molar-refractivity contribution in [1.82, 2.24) is 12.9 Å². The molecule has 13 heavy (non-hydrogen) atoms. The molecular formula is C8H11I2N3. The van der Waals surface area contributed by atoms with Crippen LogP contribution in [0.3, 0.4) is 0 Å². The highest BCUT2D eigenvalue weighted by Crippen LogP contribution is 2.23. The van der Waals surface area contributed by atoms with Crippen molar-refractivity contribution in [3.8, 4) is 0 Å². The normalized spacial score (nSPS) is 20.8. The van der Waals surface area contributed by atoms with Crippen LogP contribution < -0.4 is 0 Å². The van der Waals surface area contributed by atoms with Gasteiger partial charge in [-0.05, 0) is 35.4 Å². The standard InChI is InChI=1S/C8H11I2N3/c9-7-5-11-13(6-7)8-1-3-12(10)4-2-8/h5-6,8H,1-4H2. The smallest absolute Gasteiger partial charge is 0.0623 e. The molecule has 2 rings (SSSR count). The molecule has 1 aromatic heterocycles. The van der Waals surface area contributed by atoms with Crippen LogP contribution in [0.2, 0.25) is 0 Å². The van der Waals surface area contributed by atoms with Gasteiger partial charge in [0.1, 0.15) is 0 Å². The van der Waals surface area contributed by atoms with Gasteiger partial charge in [-0.1, -0.05) is 0 Å². The van der Waals surface area contributed by atoms with Crippen LogP contribution >= 0.6 is 45.5 Å². The lowest BCUT2D eigenvalue weighted by Crippen LogP contribution is -2.27. The van der Waals surface area contributed by atoms with E-state index in [1.54, 1.807) is 0 Å².